The van der Waals surface area contributed by atoms with Crippen LogP contribution in [0.2, 0.25) is 0 Å². The topological polar surface area (TPSA) is 55.6 Å². The lowest BCUT2D eigenvalue weighted by Gasteiger charge is -2.13. The van der Waals surface area contributed by atoms with Crippen LogP contribution in [0.5, 0.6) is 0 Å². The number of hydrogen-bond donors (Lipinski definition) is 1. The second kappa shape index (κ2) is 1.46. The summed E-state index contributed by atoms with van der Waals surface area (Å²) in [6.07, 6.45) is 3.76. The number of ether oxygens (including phenoxy) is 1. The summed E-state index contributed by atoms with van der Waals surface area (Å²) in [6, 6.07) is 0. The number of carbonyl (C=O) groups is 1. The summed E-state index contributed by atoms with van der Waals surface area (Å²) in [7, 11) is 0. The van der Waals surface area contributed by atoms with Crippen molar-refractivity contribution in [2.75, 3.05) is 0 Å². The Kier molecular flexibility index (Phi) is 0.796. The Bertz CT molecular complexity index is 240. The highest BCUT2D eigenvalue weighted by Gasteiger charge is 2.75. The van der Waals surface area contributed by atoms with Crippen LogP contribution >= 0.6 is 0 Å². The van der Waals surface area contributed by atoms with Gasteiger partial charge in [-0.1, -0.05) is 0 Å². The first-order valence-electron chi connectivity index (χ1n) is 4.23. The van der Waals surface area contributed by atoms with Crippen LogP contribution in [-0.4, -0.2) is 17.6 Å². The molecule has 1 aliphatic heterocycles. The lowest BCUT2D eigenvalue weighted by Crippen LogP contribution is -2.38. The van der Waals surface area contributed by atoms with Gasteiger partial charge in [0.1, 0.15) is 6.10 Å². The molecule has 0 spiro atoms. The standard InChI is InChI=1S/C8H11NO2/c9-7(10)8-5-2-1-4(3-5)6(8)11-8/h4-6H,1-3H2,(H2,9,10). The quantitative estimate of drug-likeness (QED) is 0.541. The van der Waals surface area contributed by atoms with Gasteiger partial charge < -0.3 is 10.5 Å². The maximum atomic E-state index is 11.1. The van der Waals surface area contributed by atoms with Gasteiger partial charge in [0.2, 0.25) is 0 Å². The van der Waals surface area contributed by atoms with E-state index in [1.165, 1.54) is 12.8 Å². The van der Waals surface area contributed by atoms with E-state index in [-0.39, 0.29) is 12.0 Å². The number of fused-ring (bicyclic) bond motifs is 5. The van der Waals surface area contributed by atoms with Crippen molar-refractivity contribution in [1.29, 1.82) is 0 Å². The van der Waals surface area contributed by atoms with Crippen LogP contribution in [0, 0.1) is 11.8 Å². The van der Waals surface area contributed by atoms with Crippen molar-refractivity contribution in [1.82, 2.24) is 0 Å². The number of amides is 1. The van der Waals surface area contributed by atoms with Crippen molar-refractivity contribution in [3.63, 3.8) is 0 Å². The minimum Gasteiger partial charge on any atom is -0.367 e. The molecule has 0 aromatic carbocycles. The van der Waals surface area contributed by atoms with Crippen LogP contribution in [0.15, 0.2) is 0 Å². The molecule has 3 aliphatic rings. The molecule has 3 rings (SSSR count). The van der Waals surface area contributed by atoms with E-state index in [0.717, 1.165) is 6.42 Å². The van der Waals surface area contributed by atoms with Gasteiger partial charge in [-0.05, 0) is 25.2 Å². The molecule has 2 bridgehead atoms. The number of carbonyl (C=O) groups excluding carboxylic acids is 1. The van der Waals surface area contributed by atoms with E-state index in [2.05, 4.69) is 0 Å². The Morgan fingerprint density at radius 3 is 2.82 bits per heavy atom. The molecule has 4 atom stereocenters. The van der Waals surface area contributed by atoms with Gasteiger partial charge in [0, 0.05) is 5.92 Å². The van der Waals surface area contributed by atoms with Crippen LogP contribution in [0.1, 0.15) is 19.3 Å². The molecule has 1 amide bonds. The average Bonchev–Trinajstić information content (AvgIpc) is 2.50. The molecule has 1 heterocycles. The third-order valence-corrected chi connectivity index (χ3v) is 3.58. The van der Waals surface area contributed by atoms with Gasteiger partial charge in [0.05, 0.1) is 0 Å². The summed E-state index contributed by atoms with van der Waals surface area (Å²) in [4.78, 5) is 11.1. The first kappa shape index (κ1) is 6.00. The molecule has 2 saturated carbocycles. The van der Waals surface area contributed by atoms with E-state index < -0.39 is 5.60 Å². The molecular formula is C8H11NO2. The van der Waals surface area contributed by atoms with Gasteiger partial charge in [0.25, 0.3) is 5.91 Å². The predicted molar refractivity (Wildman–Crippen MR) is 37.6 cm³/mol. The Balaban J connectivity index is 2.00. The van der Waals surface area contributed by atoms with Gasteiger partial charge in [-0.2, -0.15) is 0 Å². The molecule has 3 heteroatoms. The number of hydrogen-bond acceptors (Lipinski definition) is 2. The Morgan fingerprint density at radius 1 is 1.55 bits per heavy atom. The first-order chi connectivity index (χ1) is 5.25. The van der Waals surface area contributed by atoms with E-state index in [9.17, 15) is 4.79 Å². The summed E-state index contributed by atoms with van der Waals surface area (Å²) in [5.41, 5.74) is 4.81. The fourth-order valence-electron chi connectivity index (χ4n) is 3.03. The number of epoxide rings is 1. The molecule has 4 unspecified atom stereocenters. The van der Waals surface area contributed by atoms with Crippen molar-refractivity contribution >= 4 is 5.91 Å². The van der Waals surface area contributed by atoms with Crippen LogP contribution in [0.25, 0.3) is 0 Å². The van der Waals surface area contributed by atoms with Crippen LogP contribution in [0.3, 0.4) is 0 Å². The Hall–Kier alpha value is -0.570. The maximum absolute atomic E-state index is 11.1. The van der Waals surface area contributed by atoms with E-state index in [4.69, 9.17) is 10.5 Å². The minimum atomic E-state index is -0.483. The molecular weight excluding hydrogens is 142 g/mol. The fourth-order valence-corrected chi connectivity index (χ4v) is 3.03. The first-order valence-corrected chi connectivity index (χ1v) is 4.23. The highest BCUT2D eigenvalue weighted by Crippen LogP contribution is 2.63. The van der Waals surface area contributed by atoms with Crippen molar-refractivity contribution in [2.45, 2.75) is 31.0 Å². The molecule has 1 saturated heterocycles. The normalized spacial score (nSPS) is 57.6. The minimum absolute atomic E-state index is 0.207. The Labute approximate surface area is 64.9 Å². The summed E-state index contributed by atoms with van der Waals surface area (Å²) in [5, 5.41) is 0. The summed E-state index contributed by atoms with van der Waals surface area (Å²) >= 11 is 0. The zero-order chi connectivity index (χ0) is 7.64. The van der Waals surface area contributed by atoms with E-state index in [0.29, 0.717) is 11.8 Å². The molecule has 0 aromatic rings. The zero-order valence-electron chi connectivity index (χ0n) is 6.25. The molecule has 0 radical (unpaired) electrons. The summed E-state index contributed by atoms with van der Waals surface area (Å²) in [6.45, 7) is 0. The van der Waals surface area contributed by atoms with E-state index in [1.807, 2.05) is 0 Å². The van der Waals surface area contributed by atoms with Gasteiger partial charge in [-0.25, -0.2) is 0 Å². The molecule has 3 fully saturated rings. The predicted octanol–water partition coefficient (Wildman–Crippen LogP) is 0.0392. The van der Waals surface area contributed by atoms with Crippen LogP contribution in [-0.2, 0) is 9.53 Å². The zero-order valence-corrected chi connectivity index (χ0v) is 6.25. The highest BCUT2D eigenvalue weighted by atomic mass is 16.6. The van der Waals surface area contributed by atoms with E-state index >= 15 is 0 Å². The maximum Gasteiger partial charge on any atom is 0.252 e. The lowest BCUT2D eigenvalue weighted by atomic mass is 9.88. The Morgan fingerprint density at radius 2 is 2.36 bits per heavy atom. The van der Waals surface area contributed by atoms with Crippen molar-refractivity contribution in [3.05, 3.63) is 0 Å². The second-order valence-corrected chi connectivity index (χ2v) is 3.97. The van der Waals surface area contributed by atoms with Crippen molar-refractivity contribution in [3.8, 4) is 0 Å². The number of primary amides is 1. The van der Waals surface area contributed by atoms with Crippen LogP contribution in [0.4, 0.5) is 0 Å². The van der Waals surface area contributed by atoms with E-state index in [1.54, 1.807) is 0 Å². The van der Waals surface area contributed by atoms with Crippen LogP contribution < -0.4 is 5.73 Å². The third-order valence-electron chi connectivity index (χ3n) is 3.58. The van der Waals surface area contributed by atoms with Crippen molar-refractivity contribution in [2.24, 2.45) is 17.6 Å². The molecule has 60 valence electrons. The molecule has 11 heavy (non-hydrogen) atoms. The fraction of sp³-hybridized carbons (Fsp3) is 0.875. The largest absolute Gasteiger partial charge is 0.367 e. The highest BCUT2D eigenvalue weighted by molar-refractivity contribution is 5.88. The monoisotopic (exact) mass is 153 g/mol. The SMILES string of the molecule is NC(=O)C12OC1C1CCC2C1. The smallest absolute Gasteiger partial charge is 0.252 e. The molecule has 3 nitrogen and oxygen atoms in total. The lowest BCUT2D eigenvalue weighted by molar-refractivity contribution is -0.124. The molecule has 2 N–H and O–H groups in total. The summed E-state index contributed by atoms with van der Waals surface area (Å²) in [5.74, 6) is 0.872. The van der Waals surface area contributed by atoms with Gasteiger partial charge in [-0.3, -0.25) is 4.79 Å². The van der Waals surface area contributed by atoms with Gasteiger partial charge in [0.15, 0.2) is 5.60 Å². The molecule has 2 aliphatic carbocycles. The van der Waals surface area contributed by atoms with Gasteiger partial charge >= 0.3 is 0 Å². The second-order valence-electron chi connectivity index (χ2n) is 3.97. The third kappa shape index (κ3) is 0.466. The van der Waals surface area contributed by atoms with Gasteiger partial charge in [-0.15, -0.1) is 0 Å². The number of rotatable bonds is 1. The summed E-state index contributed by atoms with van der Waals surface area (Å²) < 4.78 is 5.41. The average molecular weight is 153 g/mol. The number of nitrogens with two attached hydrogens (primary N) is 1. The molecule has 0 aromatic heterocycles. The van der Waals surface area contributed by atoms with Crippen molar-refractivity contribution < 1.29 is 9.53 Å².